The monoisotopic (exact) mass is 421 g/mol. The second kappa shape index (κ2) is 10.0. The number of benzene rings is 2. The molecule has 0 radical (unpaired) electrons. The zero-order valence-corrected chi connectivity index (χ0v) is 17.6. The van der Waals surface area contributed by atoms with Gasteiger partial charge in [0.05, 0.1) is 16.7 Å². The van der Waals surface area contributed by atoms with Crippen LogP contribution in [0.4, 0.5) is 5.69 Å². The highest BCUT2D eigenvalue weighted by Gasteiger charge is 2.13. The van der Waals surface area contributed by atoms with Crippen molar-refractivity contribution >= 4 is 40.0 Å². The van der Waals surface area contributed by atoms with Crippen molar-refractivity contribution < 1.29 is 9.59 Å². The lowest BCUT2D eigenvalue weighted by Crippen LogP contribution is -2.23. The quantitative estimate of drug-likeness (QED) is 0.241. The molecular weight excluding hydrogens is 398 g/mol. The summed E-state index contributed by atoms with van der Waals surface area (Å²) >= 11 is 1.23. The zero-order valence-electron chi connectivity index (χ0n) is 16.8. The highest BCUT2D eigenvalue weighted by molar-refractivity contribution is 7.99. The van der Waals surface area contributed by atoms with Gasteiger partial charge in [-0.2, -0.15) is 0 Å². The van der Waals surface area contributed by atoms with Gasteiger partial charge in [-0.1, -0.05) is 36.9 Å². The molecule has 3 aromatic rings. The van der Waals surface area contributed by atoms with Gasteiger partial charge in [-0.3, -0.25) is 19.0 Å². The van der Waals surface area contributed by atoms with Gasteiger partial charge in [0.1, 0.15) is 0 Å². The summed E-state index contributed by atoms with van der Waals surface area (Å²) in [6.45, 7) is 5.97. The number of Topliss-reactive ketones (excluding diaryl/α,β-unsaturated/α-hetero) is 1. The fraction of sp³-hybridized carbons (Fsp3) is 0.217. The van der Waals surface area contributed by atoms with Crippen molar-refractivity contribution in [2.24, 2.45) is 0 Å². The zero-order chi connectivity index (χ0) is 21.5. The first-order chi connectivity index (χ1) is 14.5. The van der Waals surface area contributed by atoms with Crippen LogP contribution in [0.1, 0.15) is 30.1 Å². The Kier molecular flexibility index (Phi) is 7.19. The molecule has 30 heavy (non-hydrogen) atoms. The van der Waals surface area contributed by atoms with Crippen LogP contribution in [0.3, 0.4) is 0 Å². The van der Waals surface area contributed by atoms with E-state index in [0.717, 1.165) is 6.42 Å². The van der Waals surface area contributed by atoms with E-state index in [4.69, 9.17) is 0 Å². The van der Waals surface area contributed by atoms with Crippen molar-refractivity contribution in [3.63, 3.8) is 0 Å². The smallest absolute Gasteiger partial charge is 0.262 e. The summed E-state index contributed by atoms with van der Waals surface area (Å²) in [5.41, 5.74) is 1.65. The molecule has 0 saturated carbocycles. The fourth-order valence-corrected chi connectivity index (χ4v) is 3.85. The fourth-order valence-electron chi connectivity index (χ4n) is 2.95. The Morgan fingerprint density at radius 3 is 2.60 bits per heavy atom. The van der Waals surface area contributed by atoms with Crippen LogP contribution in [0.5, 0.6) is 0 Å². The molecule has 0 spiro atoms. The number of amides is 1. The minimum atomic E-state index is -0.150. The van der Waals surface area contributed by atoms with E-state index in [1.165, 1.54) is 16.3 Å². The Bertz CT molecular complexity index is 1140. The van der Waals surface area contributed by atoms with Gasteiger partial charge in [0, 0.05) is 24.2 Å². The van der Waals surface area contributed by atoms with Crippen LogP contribution >= 0.6 is 11.8 Å². The maximum Gasteiger partial charge on any atom is 0.262 e. The van der Waals surface area contributed by atoms with Gasteiger partial charge >= 0.3 is 0 Å². The lowest BCUT2D eigenvalue weighted by atomic mass is 10.1. The molecule has 0 saturated heterocycles. The number of para-hydroxylation sites is 1. The van der Waals surface area contributed by atoms with Crippen LogP contribution in [0.25, 0.3) is 10.9 Å². The second-order valence-electron chi connectivity index (χ2n) is 6.70. The number of anilines is 1. The van der Waals surface area contributed by atoms with E-state index in [2.05, 4.69) is 16.9 Å². The van der Waals surface area contributed by atoms with Gasteiger partial charge < -0.3 is 5.32 Å². The van der Waals surface area contributed by atoms with E-state index >= 15 is 0 Å². The first-order valence-corrected chi connectivity index (χ1v) is 10.7. The third kappa shape index (κ3) is 5.04. The molecule has 1 amide bonds. The van der Waals surface area contributed by atoms with Crippen LogP contribution in [0.2, 0.25) is 0 Å². The Morgan fingerprint density at radius 1 is 1.17 bits per heavy atom. The standard InChI is InChI=1S/C23H23N3O3S/c1-3-7-21(28)24-17-12-10-16(11-13-17)20(27)15-30-23-25-19-9-6-5-8-18(19)22(29)26(23)14-4-2/h4-6,8-13H,2-3,7,14-15H2,1H3,(H,24,28). The minimum absolute atomic E-state index is 0.0466. The summed E-state index contributed by atoms with van der Waals surface area (Å²) in [6, 6.07) is 14.0. The van der Waals surface area contributed by atoms with E-state index in [0.29, 0.717) is 40.3 Å². The number of hydrogen-bond acceptors (Lipinski definition) is 5. The number of aromatic nitrogens is 2. The molecule has 1 heterocycles. The molecule has 0 aliphatic rings. The molecule has 7 heteroatoms. The Labute approximate surface area is 179 Å². The Hall–Kier alpha value is -3.19. The molecule has 0 atom stereocenters. The first kappa shape index (κ1) is 21.5. The summed E-state index contributed by atoms with van der Waals surface area (Å²) in [5, 5.41) is 3.82. The Balaban J connectivity index is 1.75. The van der Waals surface area contributed by atoms with E-state index < -0.39 is 0 Å². The molecule has 0 aliphatic carbocycles. The van der Waals surface area contributed by atoms with Crippen LogP contribution < -0.4 is 10.9 Å². The number of carbonyl (C=O) groups is 2. The molecule has 1 aromatic heterocycles. The largest absolute Gasteiger partial charge is 0.326 e. The number of nitrogens with one attached hydrogen (secondary N) is 1. The van der Waals surface area contributed by atoms with E-state index in [1.807, 2.05) is 13.0 Å². The number of hydrogen-bond donors (Lipinski definition) is 1. The van der Waals surface area contributed by atoms with Crippen molar-refractivity contribution in [3.05, 3.63) is 77.1 Å². The number of fused-ring (bicyclic) bond motifs is 1. The predicted octanol–water partition coefficient (Wildman–Crippen LogP) is 4.30. The summed E-state index contributed by atoms with van der Waals surface area (Å²) in [5.74, 6) is 0.0115. The molecule has 0 bridgehead atoms. The topological polar surface area (TPSA) is 81.1 Å². The average Bonchev–Trinajstić information content (AvgIpc) is 2.75. The molecule has 0 aliphatic heterocycles. The average molecular weight is 422 g/mol. The van der Waals surface area contributed by atoms with Crippen LogP contribution in [0.15, 0.2) is 71.1 Å². The van der Waals surface area contributed by atoms with Gasteiger partial charge in [0.15, 0.2) is 10.9 Å². The van der Waals surface area contributed by atoms with Crippen molar-refractivity contribution in [3.8, 4) is 0 Å². The summed E-state index contributed by atoms with van der Waals surface area (Å²) < 4.78 is 1.53. The van der Waals surface area contributed by atoms with Gasteiger partial charge in [0.25, 0.3) is 5.56 Å². The third-order valence-corrected chi connectivity index (χ3v) is 5.41. The van der Waals surface area contributed by atoms with Crippen molar-refractivity contribution in [1.82, 2.24) is 9.55 Å². The van der Waals surface area contributed by atoms with E-state index in [9.17, 15) is 14.4 Å². The summed E-state index contributed by atoms with van der Waals surface area (Å²) in [6.07, 6.45) is 2.87. The first-order valence-electron chi connectivity index (χ1n) is 9.70. The minimum Gasteiger partial charge on any atom is -0.326 e. The van der Waals surface area contributed by atoms with E-state index in [1.54, 1.807) is 48.5 Å². The molecule has 6 nitrogen and oxygen atoms in total. The number of carbonyl (C=O) groups excluding carboxylic acids is 2. The highest BCUT2D eigenvalue weighted by Crippen LogP contribution is 2.20. The third-order valence-electron chi connectivity index (χ3n) is 4.44. The lowest BCUT2D eigenvalue weighted by Gasteiger charge is -2.11. The predicted molar refractivity (Wildman–Crippen MR) is 121 cm³/mol. The number of allylic oxidation sites excluding steroid dienone is 1. The molecule has 154 valence electrons. The second-order valence-corrected chi connectivity index (χ2v) is 7.65. The van der Waals surface area contributed by atoms with Crippen molar-refractivity contribution in [2.75, 3.05) is 11.1 Å². The summed E-state index contributed by atoms with van der Waals surface area (Å²) in [7, 11) is 0. The maximum atomic E-state index is 12.8. The molecule has 1 N–H and O–H groups in total. The van der Waals surface area contributed by atoms with Crippen molar-refractivity contribution in [2.45, 2.75) is 31.5 Å². The number of rotatable bonds is 9. The Morgan fingerprint density at radius 2 is 1.90 bits per heavy atom. The maximum absolute atomic E-state index is 12.8. The van der Waals surface area contributed by atoms with Crippen LogP contribution in [-0.4, -0.2) is 27.0 Å². The highest BCUT2D eigenvalue weighted by atomic mass is 32.2. The molecular formula is C23H23N3O3S. The number of ketones is 1. The van der Waals surface area contributed by atoms with Crippen LogP contribution in [0, 0.1) is 0 Å². The number of nitrogens with zero attached hydrogens (tertiary/aromatic N) is 2. The molecule has 0 unspecified atom stereocenters. The number of thioether (sulfide) groups is 1. The molecule has 2 aromatic carbocycles. The lowest BCUT2D eigenvalue weighted by molar-refractivity contribution is -0.116. The van der Waals surface area contributed by atoms with Gasteiger partial charge in [-0.15, -0.1) is 6.58 Å². The van der Waals surface area contributed by atoms with Gasteiger partial charge in [-0.05, 0) is 42.8 Å². The van der Waals surface area contributed by atoms with Gasteiger partial charge in [0.2, 0.25) is 5.91 Å². The van der Waals surface area contributed by atoms with Crippen molar-refractivity contribution in [1.29, 1.82) is 0 Å². The molecule has 3 rings (SSSR count). The molecule has 0 fully saturated rings. The normalized spacial score (nSPS) is 10.7. The SMILES string of the molecule is C=CCn1c(SCC(=O)c2ccc(NC(=O)CCC)cc2)nc2ccccc2c1=O. The summed E-state index contributed by atoms with van der Waals surface area (Å²) in [4.78, 5) is 41.6. The van der Waals surface area contributed by atoms with E-state index in [-0.39, 0.29) is 23.0 Å². The van der Waals surface area contributed by atoms with Gasteiger partial charge in [-0.25, -0.2) is 4.98 Å². The van der Waals surface area contributed by atoms with Crippen LogP contribution in [-0.2, 0) is 11.3 Å².